The summed E-state index contributed by atoms with van der Waals surface area (Å²) in [4.78, 5) is 10.7. The predicted octanol–water partition coefficient (Wildman–Crippen LogP) is 1.38. The van der Waals surface area contributed by atoms with Crippen LogP contribution in [0.5, 0.6) is 0 Å². The van der Waals surface area contributed by atoms with Gasteiger partial charge in [-0.2, -0.15) is 0 Å². The Morgan fingerprint density at radius 2 is 2.55 bits per heavy atom. The van der Waals surface area contributed by atoms with E-state index in [9.17, 15) is 4.79 Å². The summed E-state index contributed by atoms with van der Waals surface area (Å²) in [5.41, 5.74) is 6.43. The first-order valence-electron chi connectivity index (χ1n) is 3.84. The van der Waals surface area contributed by atoms with Crippen molar-refractivity contribution in [1.82, 2.24) is 0 Å². The minimum Gasteiger partial charge on any atom is -0.369 e. The van der Waals surface area contributed by atoms with E-state index in [2.05, 4.69) is 12.2 Å². The van der Waals surface area contributed by atoms with E-state index in [1.165, 1.54) is 5.57 Å². The summed E-state index contributed by atoms with van der Waals surface area (Å²) < 4.78 is 0. The van der Waals surface area contributed by atoms with Gasteiger partial charge in [0.25, 0.3) is 0 Å². The summed E-state index contributed by atoms with van der Waals surface area (Å²) in [7, 11) is 0. The summed E-state index contributed by atoms with van der Waals surface area (Å²) in [6, 6.07) is 0. The number of carbonyl (C=O) groups is 1. The van der Waals surface area contributed by atoms with E-state index in [1.807, 2.05) is 13.0 Å². The molecule has 2 N–H and O–H groups in total. The lowest BCUT2D eigenvalue weighted by Gasteiger charge is -2.06. The fraction of sp³-hybridized carbons (Fsp3) is 0.444. The van der Waals surface area contributed by atoms with Crippen molar-refractivity contribution >= 4 is 5.91 Å². The molecule has 0 aliphatic heterocycles. The molecule has 0 aromatic carbocycles. The van der Waals surface area contributed by atoms with E-state index >= 15 is 0 Å². The number of nitrogens with two attached hydrogens (primary N) is 1. The van der Waals surface area contributed by atoms with Crippen LogP contribution >= 0.6 is 0 Å². The number of carbonyl (C=O) groups excluding carboxylic acids is 1. The molecule has 0 heterocycles. The third kappa shape index (κ3) is 2.22. The second kappa shape index (κ2) is 3.37. The molecule has 1 aliphatic carbocycles. The Balaban J connectivity index is 2.37. The van der Waals surface area contributed by atoms with Crippen molar-refractivity contribution in [3.05, 3.63) is 23.8 Å². The van der Waals surface area contributed by atoms with Gasteiger partial charge in [-0.3, -0.25) is 4.79 Å². The van der Waals surface area contributed by atoms with Crippen molar-refractivity contribution in [3.63, 3.8) is 0 Å². The van der Waals surface area contributed by atoms with E-state index in [1.54, 1.807) is 0 Å². The average molecular weight is 151 g/mol. The molecule has 0 bridgehead atoms. The van der Waals surface area contributed by atoms with Crippen LogP contribution in [0.2, 0.25) is 0 Å². The lowest BCUT2D eigenvalue weighted by atomic mass is 10.0. The van der Waals surface area contributed by atoms with Crippen LogP contribution in [-0.2, 0) is 4.79 Å². The molecule has 1 unspecified atom stereocenters. The molecule has 2 nitrogen and oxygen atoms in total. The molecule has 1 aliphatic rings. The van der Waals surface area contributed by atoms with Crippen molar-refractivity contribution in [1.29, 1.82) is 0 Å². The van der Waals surface area contributed by atoms with Gasteiger partial charge in [0, 0.05) is 5.92 Å². The zero-order valence-electron chi connectivity index (χ0n) is 6.71. The Hall–Kier alpha value is -1.05. The third-order valence-corrected chi connectivity index (χ3v) is 1.90. The van der Waals surface area contributed by atoms with E-state index in [0.29, 0.717) is 0 Å². The predicted molar refractivity (Wildman–Crippen MR) is 44.8 cm³/mol. The summed E-state index contributed by atoms with van der Waals surface area (Å²) in [5, 5.41) is 0. The van der Waals surface area contributed by atoms with Gasteiger partial charge in [-0.05, 0) is 12.8 Å². The standard InChI is InChI=1S/C9H13NO/c1-7(9(10)11)6-8-4-2-3-5-8/h2-4,7H,5-6H2,1H3,(H2,10,11). The smallest absolute Gasteiger partial charge is 0.220 e. The van der Waals surface area contributed by atoms with Crippen LogP contribution in [0.15, 0.2) is 23.8 Å². The Morgan fingerprint density at radius 3 is 3.00 bits per heavy atom. The third-order valence-electron chi connectivity index (χ3n) is 1.90. The Kier molecular flexibility index (Phi) is 2.47. The fourth-order valence-corrected chi connectivity index (χ4v) is 1.14. The first kappa shape index (κ1) is 8.05. The lowest BCUT2D eigenvalue weighted by molar-refractivity contribution is -0.121. The molecule has 0 saturated heterocycles. The number of amides is 1. The van der Waals surface area contributed by atoms with Crippen molar-refractivity contribution in [2.75, 3.05) is 0 Å². The second-order valence-corrected chi connectivity index (χ2v) is 2.96. The van der Waals surface area contributed by atoms with Crippen molar-refractivity contribution in [2.45, 2.75) is 19.8 Å². The molecule has 2 heteroatoms. The largest absolute Gasteiger partial charge is 0.369 e. The fourth-order valence-electron chi connectivity index (χ4n) is 1.14. The van der Waals surface area contributed by atoms with E-state index in [4.69, 9.17) is 5.73 Å². The molecule has 0 fully saturated rings. The topological polar surface area (TPSA) is 43.1 Å². The molecule has 0 aromatic rings. The van der Waals surface area contributed by atoms with Crippen LogP contribution < -0.4 is 5.73 Å². The van der Waals surface area contributed by atoms with Crippen molar-refractivity contribution in [3.8, 4) is 0 Å². The molecular weight excluding hydrogens is 138 g/mol. The van der Waals surface area contributed by atoms with Crippen LogP contribution in [0, 0.1) is 5.92 Å². The molecule has 1 amide bonds. The molecular formula is C9H13NO. The quantitative estimate of drug-likeness (QED) is 0.650. The van der Waals surface area contributed by atoms with Gasteiger partial charge in [-0.15, -0.1) is 0 Å². The Bertz CT molecular complexity index is 216. The number of rotatable bonds is 3. The zero-order chi connectivity index (χ0) is 8.27. The monoisotopic (exact) mass is 151 g/mol. The minimum atomic E-state index is -0.210. The zero-order valence-corrected chi connectivity index (χ0v) is 6.71. The highest BCUT2D eigenvalue weighted by Gasteiger charge is 2.11. The lowest BCUT2D eigenvalue weighted by Crippen LogP contribution is -2.20. The van der Waals surface area contributed by atoms with E-state index in [0.717, 1.165) is 12.8 Å². The number of allylic oxidation sites excluding steroid dienone is 4. The highest BCUT2D eigenvalue weighted by Crippen LogP contribution is 2.18. The van der Waals surface area contributed by atoms with E-state index in [-0.39, 0.29) is 11.8 Å². The molecule has 0 radical (unpaired) electrons. The molecule has 1 atom stereocenters. The van der Waals surface area contributed by atoms with Crippen LogP contribution in [0.3, 0.4) is 0 Å². The molecule has 0 aromatic heterocycles. The van der Waals surface area contributed by atoms with Gasteiger partial charge in [0.1, 0.15) is 0 Å². The Morgan fingerprint density at radius 1 is 1.82 bits per heavy atom. The maximum absolute atomic E-state index is 10.7. The summed E-state index contributed by atoms with van der Waals surface area (Å²) in [6.07, 6.45) is 7.95. The van der Waals surface area contributed by atoms with Crippen LogP contribution in [0.25, 0.3) is 0 Å². The van der Waals surface area contributed by atoms with Gasteiger partial charge in [0.2, 0.25) is 5.91 Å². The van der Waals surface area contributed by atoms with E-state index < -0.39 is 0 Å². The number of hydrogen-bond donors (Lipinski definition) is 1. The second-order valence-electron chi connectivity index (χ2n) is 2.96. The summed E-state index contributed by atoms with van der Waals surface area (Å²) >= 11 is 0. The maximum Gasteiger partial charge on any atom is 0.220 e. The molecule has 0 spiro atoms. The Labute approximate surface area is 66.8 Å². The average Bonchev–Trinajstić information content (AvgIpc) is 2.39. The van der Waals surface area contributed by atoms with Gasteiger partial charge in [0.05, 0.1) is 0 Å². The highest BCUT2D eigenvalue weighted by molar-refractivity contribution is 5.76. The van der Waals surface area contributed by atoms with Gasteiger partial charge in [-0.25, -0.2) is 0 Å². The van der Waals surface area contributed by atoms with Gasteiger partial charge in [-0.1, -0.05) is 30.7 Å². The number of primary amides is 1. The SMILES string of the molecule is CC(CC1=CC=CC1)C(N)=O. The highest BCUT2D eigenvalue weighted by atomic mass is 16.1. The number of hydrogen-bond acceptors (Lipinski definition) is 1. The maximum atomic E-state index is 10.7. The van der Waals surface area contributed by atoms with Crippen LogP contribution in [0.1, 0.15) is 19.8 Å². The van der Waals surface area contributed by atoms with Gasteiger partial charge >= 0.3 is 0 Å². The van der Waals surface area contributed by atoms with Crippen LogP contribution in [0.4, 0.5) is 0 Å². The first-order chi connectivity index (χ1) is 5.20. The van der Waals surface area contributed by atoms with Gasteiger partial charge < -0.3 is 5.73 Å². The first-order valence-corrected chi connectivity index (χ1v) is 3.84. The van der Waals surface area contributed by atoms with Crippen molar-refractivity contribution < 1.29 is 4.79 Å². The summed E-state index contributed by atoms with van der Waals surface area (Å²) in [6.45, 7) is 1.86. The molecule has 11 heavy (non-hydrogen) atoms. The van der Waals surface area contributed by atoms with Gasteiger partial charge in [0.15, 0.2) is 0 Å². The molecule has 1 rings (SSSR count). The van der Waals surface area contributed by atoms with Crippen LogP contribution in [-0.4, -0.2) is 5.91 Å². The normalized spacial score (nSPS) is 18.1. The summed E-state index contributed by atoms with van der Waals surface area (Å²) in [5.74, 6) is -0.237. The van der Waals surface area contributed by atoms with Crippen molar-refractivity contribution in [2.24, 2.45) is 11.7 Å². The molecule has 60 valence electrons. The minimum absolute atomic E-state index is 0.0267. The molecule has 0 saturated carbocycles.